The molecule has 2 aromatic carbocycles. The molecule has 164 valence electrons. The highest BCUT2D eigenvalue weighted by molar-refractivity contribution is 5.98. The first kappa shape index (κ1) is 21.2. The summed E-state index contributed by atoms with van der Waals surface area (Å²) in [5.74, 6) is 0.768. The van der Waals surface area contributed by atoms with Crippen molar-refractivity contribution in [3.63, 3.8) is 0 Å². The van der Waals surface area contributed by atoms with Gasteiger partial charge in [-0.15, -0.1) is 0 Å². The van der Waals surface area contributed by atoms with Gasteiger partial charge in [0.15, 0.2) is 17.3 Å². The van der Waals surface area contributed by atoms with Crippen molar-refractivity contribution in [3.8, 4) is 11.5 Å². The lowest BCUT2D eigenvalue weighted by Crippen LogP contribution is -2.32. The topological polar surface area (TPSA) is 55.8 Å². The fourth-order valence-electron chi connectivity index (χ4n) is 3.53. The van der Waals surface area contributed by atoms with E-state index in [-0.39, 0.29) is 37.1 Å². The number of carbonyl (C=O) groups excluding carboxylic acids is 2. The Hall–Kier alpha value is -3.03. The van der Waals surface area contributed by atoms with Crippen LogP contribution in [0.5, 0.6) is 11.5 Å². The van der Waals surface area contributed by atoms with Crippen molar-refractivity contribution in [1.82, 2.24) is 4.90 Å². The first-order chi connectivity index (χ1) is 14.8. The molecule has 0 bridgehead atoms. The lowest BCUT2D eigenvalue weighted by atomic mass is 10.0. The summed E-state index contributed by atoms with van der Waals surface area (Å²) in [4.78, 5) is 27.0. The van der Waals surface area contributed by atoms with Crippen molar-refractivity contribution in [2.45, 2.75) is 44.4 Å². The molecule has 0 spiro atoms. The van der Waals surface area contributed by atoms with Gasteiger partial charge in [-0.1, -0.05) is 12.1 Å². The highest BCUT2D eigenvalue weighted by Crippen LogP contribution is 2.33. The number of ketones is 1. The number of rotatable bonds is 7. The summed E-state index contributed by atoms with van der Waals surface area (Å²) in [7, 11) is 0. The second kappa shape index (κ2) is 8.61. The van der Waals surface area contributed by atoms with E-state index < -0.39 is 11.7 Å². The van der Waals surface area contributed by atoms with Crippen molar-refractivity contribution >= 4 is 11.7 Å². The molecular weight excluding hydrogens is 411 g/mol. The number of hydrogen-bond acceptors (Lipinski definition) is 4. The second-order valence-corrected chi connectivity index (χ2v) is 7.73. The highest BCUT2D eigenvalue weighted by atomic mass is 19.4. The summed E-state index contributed by atoms with van der Waals surface area (Å²) in [5.41, 5.74) is 0.370. The Kier molecular flexibility index (Phi) is 5.89. The van der Waals surface area contributed by atoms with Crippen LogP contribution in [0.25, 0.3) is 0 Å². The molecule has 0 saturated heterocycles. The number of fused-ring (bicyclic) bond motifs is 1. The van der Waals surface area contributed by atoms with Crippen molar-refractivity contribution in [2.75, 3.05) is 13.2 Å². The highest BCUT2D eigenvalue weighted by Gasteiger charge is 2.33. The number of benzene rings is 2. The molecule has 5 nitrogen and oxygen atoms in total. The van der Waals surface area contributed by atoms with Gasteiger partial charge in [0.1, 0.15) is 13.2 Å². The normalized spacial score (nSPS) is 15.5. The molecule has 2 aromatic rings. The third kappa shape index (κ3) is 5.18. The Bertz CT molecular complexity index is 968. The van der Waals surface area contributed by atoms with E-state index >= 15 is 0 Å². The van der Waals surface area contributed by atoms with Gasteiger partial charge in [-0.05, 0) is 48.7 Å². The molecule has 0 radical (unpaired) electrons. The fourth-order valence-corrected chi connectivity index (χ4v) is 3.53. The lowest BCUT2D eigenvalue weighted by Gasteiger charge is -2.23. The number of Topliss-reactive ketones (excluding diaryl/α,β-unsaturated/α-hetero) is 1. The van der Waals surface area contributed by atoms with Crippen molar-refractivity contribution < 1.29 is 32.2 Å². The van der Waals surface area contributed by atoms with Crippen LogP contribution in [-0.4, -0.2) is 35.8 Å². The number of carbonyl (C=O) groups is 2. The van der Waals surface area contributed by atoms with E-state index in [4.69, 9.17) is 9.47 Å². The fraction of sp³-hybridized carbons (Fsp3) is 0.391. The van der Waals surface area contributed by atoms with Crippen LogP contribution in [0.15, 0.2) is 42.5 Å². The molecule has 0 N–H and O–H groups in total. The first-order valence-electron chi connectivity index (χ1n) is 10.2. The van der Waals surface area contributed by atoms with Crippen LogP contribution in [0.4, 0.5) is 13.2 Å². The van der Waals surface area contributed by atoms with Gasteiger partial charge in [0, 0.05) is 31.0 Å². The van der Waals surface area contributed by atoms with Gasteiger partial charge >= 0.3 is 6.18 Å². The van der Waals surface area contributed by atoms with Gasteiger partial charge < -0.3 is 14.4 Å². The van der Waals surface area contributed by atoms with Gasteiger partial charge in [-0.25, -0.2) is 0 Å². The number of ether oxygens (including phenoxy) is 2. The molecule has 1 aliphatic carbocycles. The van der Waals surface area contributed by atoms with Gasteiger partial charge in [0.25, 0.3) is 0 Å². The molecule has 31 heavy (non-hydrogen) atoms. The van der Waals surface area contributed by atoms with Gasteiger partial charge in [0.05, 0.1) is 5.56 Å². The molecule has 1 saturated carbocycles. The van der Waals surface area contributed by atoms with Crippen LogP contribution in [-0.2, 0) is 17.5 Å². The Morgan fingerprint density at radius 1 is 0.935 bits per heavy atom. The SMILES string of the molecule is O=C(CCC(=O)N(Cc1ccc(C(F)(F)F)cc1)C1CC1)c1ccc2c(c1)OCCO2. The van der Waals surface area contributed by atoms with E-state index in [9.17, 15) is 22.8 Å². The Labute approximate surface area is 177 Å². The van der Waals surface area contributed by atoms with E-state index in [0.717, 1.165) is 25.0 Å². The van der Waals surface area contributed by atoms with Crippen molar-refractivity contribution in [1.29, 1.82) is 0 Å². The van der Waals surface area contributed by atoms with Crippen LogP contribution >= 0.6 is 0 Å². The zero-order valence-electron chi connectivity index (χ0n) is 16.8. The third-order valence-corrected chi connectivity index (χ3v) is 5.37. The number of alkyl halides is 3. The van der Waals surface area contributed by atoms with Gasteiger partial charge in [-0.3, -0.25) is 9.59 Å². The molecule has 1 aliphatic heterocycles. The Balaban J connectivity index is 1.36. The van der Waals surface area contributed by atoms with E-state index in [1.54, 1.807) is 23.1 Å². The summed E-state index contributed by atoms with van der Waals surface area (Å²) in [5, 5.41) is 0. The third-order valence-electron chi connectivity index (χ3n) is 5.37. The molecule has 1 heterocycles. The van der Waals surface area contributed by atoms with Crippen molar-refractivity contribution in [3.05, 3.63) is 59.2 Å². The molecule has 2 aliphatic rings. The van der Waals surface area contributed by atoms with E-state index in [2.05, 4.69) is 0 Å². The molecular formula is C23H22F3NO4. The predicted octanol–water partition coefficient (Wildman–Crippen LogP) is 4.63. The average molecular weight is 433 g/mol. The van der Waals surface area contributed by atoms with E-state index in [1.807, 2.05) is 0 Å². The molecule has 0 aromatic heterocycles. The molecule has 0 atom stereocenters. The number of nitrogens with zero attached hydrogens (tertiary/aromatic N) is 1. The monoisotopic (exact) mass is 433 g/mol. The van der Waals surface area contributed by atoms with E-state index in [1.165, 1.54) is 12.1 Å². The maximum absolute atomic E-state index is 12.8. The van der Waals surface area contributed by atoms with Crippen LogP contribution in [0, 0.1) is 0 Å². The number of amides is 1. The molecule has 8 heteroatoms. The first-order valence-corrected chi connectivity index (χ1v) is 10.2. The average Bonchev–Trinajstić information content (AvgIpc) is 3.60. The largest absolute Gasteiger partial charge is 0.486 e. The minimum atomic E-state index is -4.39. The minimum absolute atomic E-state index is 0.0460. The zero-order chi connectivity index (χ0) is 22.0. The molecule has 1 amide bonds. The van der Waals surface area contributed by atoms with Gasteiger partial charge in [0.2, 0.25) is 5.91 Å². The number of halogens is 3. The van der Waals surface area contributed by atoms with Crippen molar-refractivity contribution in [2.24, 2.45) is 0 Å². The summed E-state index contributed by atoms with van der Waals surface area (Å²) < 4.78 is 49.2. The zero-order valence-corrected chi connectivity index (χ0v) is 16.8. The smallest absolute Gasteiger partial charge is 0.416 e. The van der Waals surface area contributed by atoms with Gasteiger partial charge in [-0.2, -0.15) is 13.2 Å². The Morgan fingerprint density at radius 3 is 2.26 bits per heavy atom. The maximum Gasteiger partial charge on any atom is 0.416 e. The second-order valence-electron chi connectivity index (χ2n) is 7.73. The summed E-state index contributed by atoms with van der Waals surface area (Å²) in [6.07, 6.45) is -2.57. The predicted molar refractivity (Wildman–Crippen MR) is 106 cm³/mol. The summed E-state index contributed by atoms with van der Waals surface area (Å²) in [6.45, 7) is 1.12. The summed E-state index contributed by atoms with van der Waals surface area (Å²) in [6, 6.07) is 9.89. The van der Waals surface area contributed by atoms with Crippen LogP contribution < -0.4 is 9.47 Å². The quantitative estimate of drug-likeness (QED) is 0.598. The minimum Gasteiger partial charge on any atom is -0.486 e. The molecule has 1 fully saturated rings. The molecule has 0 unspecified atom stereocenters. The van der Waals surface area contributed by atoms with E-state index in [0.29, 0.717) is 35.8 Å². The summed E-state index contributed by atoms with van der Waals surface area (Å²) >= 11 is 0. The lowest BCUT2D eigenvalue weighted by molar-refractivity contribution is -0.137. The van der Waals surface area contributed by atoms with Crippen LogP contribution in [0.3, 0.4) is 0 Å². The standard InChI is InChI=1S/C23H22F3NO4/c24-23(25,26)17-4-1-15(2-5-17)14-27(18-6-7-18)22(29)10-8-19(28)16-3-9-20-21(13-16)31-12-11-30-20/h1-5,9,13,18H,6-8,10-12,14H2. The van der Waals surface area contributed by atoms with Crippen LogP contribution in [0.2, 0.25) is 0 Å². The molecule has 4 rings (SSSR count). The maximum atomic E-state index is 12.8. The Morgan fingerprint density at radius 2 is 1.61 bits per heavy atom. The number of hydrogen-bond donors (Lipinski definition) is 0. The van der Waals surface area contributed by atoms with Crippen LogP contribution in [0.1, 0.15) is 47.2 Å².